The normalized spacial score (nSPS) is 13.2. The number of aromatic nitrogens is 4. The minimum atomic E-state index is -0.137. The van der Waals surface area contributed by atoms with E-state index in [1.54, 1.807) is 0 Å². The molecule has 0 bridgehead atoms. The van der Waals surface area contributed by atoms with Crippen LogP contribution in [0, 0.1) is 0 Å². The first-order valence-corrected chi connectivity index (χ1v) is 21.1. The molecule has 0 atom stereocenters. The molecule has 0 fully saturated rings. The summed E-state index contributed by atoms with van der Waals surface area (Å²) in [5.74, 6) is 1.60. The molecule has 0 spiro atoms. The molecular weight excluding hydrogens is 741 g/mol. The largest absolute Gasteiger partial charge is 0.309 e. The molecule has 3 aromatic heterocycles. The summed E-state index contributed by atoms with van der Waals surface area (Å²) >= 11 is 0. The lowest BCUT2D eigenvalue weighted by Gasteiger charge is -2.22. The summed E-state index contributed by atoms with van der Waals surface area (Å²) in [5, 5.41) is 8.15. The molecular formula is C57H38N4. The van der Waals surface area contributed by atoms with Crippen LogP contribution in [0.4, 0.5) is 0 Å². The number of nitrogens with zero attached hydrogens (tertiary/aromatic N) is 4. The van der Waals surface area contributed by atoms with Crippen LogP contribution in [-0.4, -0.2) is 19.1 Å². The van der Waals surface area contributed by atoms with Crippen LogP contribution in [0.25, 0.3) is 110 Å². The first kappa shape index (κ1) is 34.1. The Bertz CT molecular complexity index is 3790. The lowest BCUT2D eigenvalue weighted by Crippen LogP contribution is -2.15. The molecule has 0 unspecified atom stereocenters. The van der Waals surface area contributed by atoms with Crippen molar-refractivity contribution < 1.29 is 0 Å². The third-order valence-electron chi connectivity index (χ3n) is 13.3. The predicted octanol–water partition coefficient (Wildman–Crippen LogP) is 14.6. The molecule has 1 aliphatic carbocycles. The van der Waals surface area contributed by atoms with Crippen molar-refractivity contribution in [3.05, 3.63) is 205 Å². The summed E-state index contributed by atoms with van der Waals surface area (Å²) in [6, 6.07) is 70.5. The summed E-state index contributed by atoms with van der Waals surface area (Å²) in [4.78, 5) is 11.0. The van der Waals surface area contributed by atoms with Crippen molar-refractivity contribution in [2.45, 2.75) is 19.3 Å². The highest BCUT2D eigenvalue weighted by Gasteiger charge is 2.35. The summed E-state index contributed by atoms with van der Waals surface area (Å²) < 4.78 is 4.73. The molecule has 0 aliphatic heterocycles. The molecule has 1 aliphatic rings. The lowest BCUT2D eigenvalue weighted by atomic mass is 9.82. The molecule has 4 nitrogen and oxygen atoms in total. The summed E-state index contributed by atoms with van der Waals surface area (Å²) in [6.07, 6.45) is 0. The number of rotatable bonds is 4. The molecule has 0 saturated heterocycles. The van der Waals surface area contributed by atoms with Gasteiger partial charge in [0.25, 0.3) is 0 Å². The second-order valence-electron chi connectivity index (χ2n) is 17.0. The van der Waals surface area contributed by atoms with Crippen LogP contribution in [0.15, 0.2) is 194 Å². The van der Waals surface area contributed by atoms with Gasteiger partial charge in [-0.1, -0.05) is 147 Å². The maximum atomic E-state index is 5.56. The Morgan fingerprint density at radius 2 is 0.951 bits per heavy atom. The van der Waals surface area contributed by atoms with E-state index in [0.717, 1.165) is 55.6 Å². The van der Waals surface area contributed by atoms with E-state index in [4.69, 9.17) is 9.97 Å². The lowest BCUT2D eigenvalue weighted by molar-refractivity contribution is 0.660. The molecule has 3 heterocycles. The van der Waals surface area contributed by atoms with Crippen molar-refractivity contribution in [3.63, 3.8) is 0 Å². The van der Waals surface area contributed by atoms with Crippen LogP contribution >= 0.6 is 0 Å². The van der Waals surface area contributed by atoms with Gasteiger partial charge >= 0.3 is 0 Å². The van der Waals surface area contributed by atoms with Crippen LogP contribution in [-0.2, 0) is 5.41 Å². The molecule has 12 aromatic rings. The zero-order valence-corrected chi connectivity index (χ0v) is 33.8. The van der Waals surface area contributed by atoms with Crippen LogP contribution in [0.5, 0.6) is 0 Å². The van der Waals surface area contributed by atoms with Crippen LogP contribution in [0.2, 0.25) is 0 Å². The second-order valence-corrected chi connectivity index (χ2v) is 17.0. The number of para-hydroxylation sites is 3. The molecule has 0 N–H and O–H groups in total. The Morgan fingerprint density at radius 3 is 1.70 bits per heavy atom. The monoisotopic (exact) mass is 778 g/mol. The molecule has 9 aromatic carbocycles. The topological polar surface area (TPSA) is 35.6 Å². The van der Waals surface area contributed by atoms with Crippen molar-refractivity contribution in [2.75, 3.05) is 0 Å². The van der Waals surface area contributed by atoms with Gasteiger partial charge in [-0.15, -0.1) is 0 Å². The number of hydrogen-bond donors (Lipinski definition) is 0. The average molecular weight is 779 g/mol. The van der Waals surface area contributed by atoms with E-state index in [9.17, 15) is 0 Å². The first-order valence-electron chi connectivity index (χ1n) is 21.1. The van der Waals surface area contributed by atoms with Gasteiger partial charge in [0.15, 0.2) is 5.82 Å². The highest BCUT2D eigenvalue weighted by atomic mass is 15.1. The minimum absolute atomic E-state index is 0.137. The Hall–Kier alpha value is -7.82. The van der Waals surface area contributed by atoms with Gasteiger partial charge in [-0.2, -0.15) is 0 Å². The molecule has 4 heteroatoms. The van der Waals surface area contributed by atoms with Gasteiger partial charge in [-0.25, -0.2) is 9.97 Å². The van der Waals surface area contributed by atoms with Gasteiger partial charge < -0.3 is 4.57 Å². The SMILES string of the molecule is CC1(C)c2ccccc2-c2ccc(-c3nc(-n4c5ccccc5c5cc(-c6ccc7c(c6)c6ccccc6n7-c6ccccc6)ccc54)c4ccc5ccccc5c4n3)cc21. The van der Waals surface area contributed by atoms with Gasteiger partial charge in [0.05, 0.1) is 27.6 Å². The third kappa shape index (κ3) is 4.87. The fourth-order valence-electron chi connectivity index (χ4n) is 10.4. The summed E-state index contributed by atoms with van der Waals surface area (Å²) in [6.45, 7) is 4.66. The van der Waals surface area contributed by atoms with E-state index in [1.807, 2.05) is 0 Å². The Balaban J connectivity index is 1.03. The first-order chi connectivity index (χ1) is 30.0. The summed E-state index contributed by atoms with van der Waals surface area (Å²) in [7, 11) is 0. The van der Waals surface area contributed by atoms with Gasteiger partial charge in [0.1, 0.15) is 5.82 Å². The average Bonchev–Trinajstić information content (AvgIpc) is 3.91. The maximum Gasteiger partial charge on any atom is 0.162 e. The number of fused-ring (bicyclic) bond motifs is 12. The minimum Gasteiger partial charge on any atom is -0.309 e. The Labute approximate surface area is 352 Å². The van der Waals surface area contributed by atoms with Crippen LogP contribution in [0.1, 0.15) is 25.0 Å². The van der Waals surface area contributed by atoms with Gasteiger partial charge in [-0.3, -0.25) is 4.57 Å². The maximum absolute atomic E-state index is 5.56. The smallest absolute Gasteiger partial charge is 0.162 e. The van der Waals surface area contributed by atoms with E-state index in [2.05, 4.69) is 217 Å². The standard InChI is InChI=1S/C57H38N4/c1-57(2)48-21-11-8-18-41(48)42-28-25-38(34-49(42)57)55-58-54-40-17-7-6-14-35(40)24-29-45(54)56(59-55)61-51-23-13-10-20-44(51)47-33-37(27-31-53(47)61)36-26-30-52-46(32-36)43-19-9-12-22-50(43)60(52)39-15-4-3-5-16-39/h3-34H,1-2H3. The fraction of sp³-hybridized carbons (Fsp3) is 0.0526. The van der Waals surface area contributed by atoms with E-state index in [0.29, 0.717) is 0 Å². The molecule has 13 rings (SSSR count). The number of benzene rings is 9. The summed E-state index contributed by atoms with van der Waals surface area (Å²) in [5.41, 5.74) is 15.2. The van der Waals surface area contributed by atoms with E-state index in [-0.39, 0.29) is 5.41 Å². The number of hydrogen-bond acceptors (Lipinski definition) is 2. The quantitative estimate of drug-likeness (QED) is 0.167. The molecule has 0 radical (unpaired) electrons. The zero-order chi connectivity index (χ0) is 40.4. The Morgan fingerprint density at radius 1 is 0.377 bits per heavy atom. The highest BCUT2D eigenvalue weighted by Crippen LogP contribution is 2.49. The van der Waals surface area contributed by atoms with Gasteiger partial charge in [-0.05, 0) is 99.4 Å². The predicted molar refractivity (Wildman–Crippen MR) is 254 cm³/mol. The molecule has 286 valence electrons. The van der Waals surface area contributed by atoms with E-state index < -0.39 is 0 Å². The van der Waals surface area contributed by atoms with Crippen molar-refractivity contribution in [1.29, 1.82) is 0 Å². The van der Waals surface area contributed by atoms with Crippen LogP contribution in [0.3, 0.4) is 0 Å². The van der Waals surface area contributed by atoms with E-state index >= 15 is 0 Å². The second kappa shape index (κ2) is 12.6. The molecule has 61 heavy (non-hydrogen) atoms. The molecule has 0 amide bonds. The zero-order valence-electron chi connectivity index (χ0n) is 33.8. The highest BCUT2D eigenvalue weighted by molar-refractivity contribution is 6.14. The van der Waals surface area contributed by atoms with Crippen LogP contribution < -0.4 is 0 Å². The van der Waals surface area contributed by atoms with Crippen molar-refractivity contribution >= 4 is 65.3 Å². The van der Waals surface area contributed by atoms with Crippen molar-refractivity contribution in [1.82, 2.24) is 19.1 Å². The van der Waals surface area contributed by atoms with Crippen molar-refractivity contribution in [3.8, 4) is 45.1 Å². The van der Waals surface area contributed by atoms with Gasteiger partial charge in [0.2, 0.25) is 0 Å². The molecule has 0 saturated carbocycles. The van der Waals surface area contributed by atoms with Gasteiger partial charge in [0, 0.05) is 49.0 Å². The fourth-order valence-corrected chi connectivity index (χ4v) is 10.4. The van der Waals surface area contributed by atoms with E-state index in [1.165, 1.54) is 66.0 Å². The Kier molecular flexibility index (Phi) is 7.04. The van der Waals surface area contributed by atoms with Crippen molar-refractivity contribution in [2.24, 2.45) is 0 Å². The third-order valence-corrected chi connectivity index (χ3v) is 13.3.